The van der Waals surface area contributed by atoms with Gasteiger partial charge < -0.3 is 5.32 Å². The van der Waals surface area contributed by atoms with E-state index in [1.165, 1.54) is 17.5 Å². The third kappa shape index (κ3) is 3.40. The van der Waals surface area contributed by atoms with Crippen LogP contribution < -0.4 is 10.9 Å². The summed E-state index contributed by atoms with van der Waals surface area (Å²) in [6.45, 7) is 3.36. The molecular formula is C17H13N5O6. The normalized spacial score (nSPS) is 10.6. The monoisotopic (exact) mass is 383 g/mol. The number of amides is 1. The Kier molecular flexibility index (Phi) is 4.57. The second-order valence-electron chi connectivity index (χ2n) is 6.02. The van der Waals surface area contributed by atoms with Crippen LogP contribution in [-0.4, -0.2) is 25.1 Å². The van der Waals surface area contributed by atoms with Crippen molar-refractivity contribution in [1.82, 2.24) is 9.38 Å². The first-order chi connectivity index (χ1) is 13.2. The van der Waals surface area contributed by atoms with Crippen molar-refractivity contribution in [3.63, 3.8) is 0 Å². The number of fused-ring (bicyclic) bond motifs is 1. The number of aromatic nitrogens is 2. The number of nitro groups is 2. The lowest BCUT2D eigenvalue weighted by molar-refractivity contribution is -0.394. The van der Waals surface area contributed by atoms with E-state index in [2.05, 4.69) is 10.3 Å². The number of nitrogens with one attached hydrogen (secondary N) is 1. The summed E-state index contributed by atoms with van der Waals surface area (Å²) >= 11 is 0. The molecule has 0 aliphatic carbocycles. The van der Waals surface area contributed by atoms with E-state index in [1.807, 2.05) is 6.92 Å². The molecule has 142 valence electrons. The maximum Gasteiger partial charge on any atom is 0.281 e. The Balaban J connectivity index is 2.06. The Labute approximate surface area is 156 Å². The molecule has 0 aliphatic heterocycles. The van der Waals surface area contributed by atoms with E-state index >= 15 is 0 Å². The van der Waals surface area contributed by atoms with E-state index in [0.717, 1.165) is 23.8 Å². The summed E-state index contributed by atoms with van der Waals surface area (Å²) in [4.78, 5) is 49.7. The van der Waals surface area contributed by atoms with Crippen LogP contribution in [0.3, 0.4) is 0 Å². The van der Waals surface area contributed by atoms with E-state index in [0.29, 0.717) is 5.65 Å². The lowest BCUT2D eigenvalue weighted by Gasteiger charge is -2.10. The average molecular weight is 383 g/mol. The fraction of sp³-hybridized carbons (Fsp3) is 0.118. The number of nitro benzene ring substituents is 2. The molecule has 1 amide bonds. The predicted octanol–water partition coefficient (Wildman–Crippen LogP) is 2.38. The van der Waals surface area contributed by atoms with Crippen LogP contribution in [0.5, 0.6) is 0 Å². The summed E-state index contributed by atoms with van der Waals surface area (Å²) in [5, 5.41) is 24.3. The maximum atomic E-state index is 12.7. The first kappa shape index (κ1) is 18.6. The topological polar surface area (TPSA) is 150 Å². The Bertz CT molecular complexity index is 1180. The molecule has 3 aromatic rings. The van der Waals surface area contributed by atoms with Crippen LogP contribution in [0, 0.1) is 34.1 Å². The highest BCUT2D eigenvalue weighted by Gasteiger charge is 2.21. The Morgan fingerprint density at radius 1 is 1.07 bits per heavy atom. The van der Waals surface area contributed by atoms with Crippen LogP contribution in [0.25, 0.3) is 5.65 Å². The smallest absolute Gasteiger partial charge is 0.281 e. The van der Waals surface area contributed by atoms with Gasteiger partial charge in [0.1, 0.15) is 11.3 Å². The standard InChI is InChI=1S/C17H13N5O6/c1-9-3-4-20-14(5-9)18-10(2)15(17(20)24)19-16(23)11-6-12(21(25)26)8-13(7-11)22(27)28/h3-8H,1-2H3,(H,19,23). The second kappa shape index (κ2) is 6.87. The van der Waals surface area contributed by atoms with Crippen LogP contribution >= 0.6 is 0 Å². The minimum absolute atomic E-state index is 0.125. The number of carbonyl (C=O) groups excluding carboxylic acids is 1. The summed E-state index contributed by atoms with van der Waals surface area (Å²) in [5.41, 5.74) is -0.688. The number of rotatable bonds is 4. The largest absolute Gasteiger partial charge is 0.316 e. The number of carbonyl (C=O) groups is 1. The molecule has 11 heteroatoms. The van der Waals surface area contributed by atoms with Gasteiger partial charge in [-0.2, -0.15) is 0 Å². The minimum Gasteiger partial charge on any atom is -0.316 e. The van der Waals surface area contributed by atoms with Gasteiger partial charge >= 0.3 is 0 Å². The zero-order chi connectivity index (χ0) is 20.6. The van der Waals surface area contributed by atoms with Crippen molar-refractivity contribution in [3.8, 4) is 0 Å². The number of anilines is 1. The molecule has 28 heavy (non-hydrogen) atoms. The third-order valence-electron chi connectivity index (χ3n) is 3.99. The van der Waals surface area contributed by atoms with Gasteiger partial charge in [-0.1, -0.05) is 0 Å². The molecule has 1 aromatic carbocycles. The highest BCUT2D eigenvalue weighted by Crippen LogP contribution is 2.23. The van der Waals surface area contributed by atoms with Crippen LogP contribution in [0.4, 0.5) is 17.1 Å². The summed E-state index contributed by atoms with van der Waals surface area (Å²) in [7, 11) is 0. The summed E-state index contributed by atoms with van der Waals surface area (Å²) < 4.78 is 1.24. The Morgan fingerprint density at radius 3 is 2.25 bits per heavy atom. The molecule has 2 heterocycles. The van der Waals surface area contributed by atoms with Crippen molar-refractivity contribution >= 4 is 28.6 Å². The van der Waals surface area contributed by atoms with Gasteiger partial charge in [-0.05, 0) is 31.5 Å². The van der Waals surface area contributed by atoms with Gasteiger partial charge in [-0.3, -0.25) is 34.2 Å². The van der Waals surface area contributed by atoms with Crippen molar-refractivity contribution in [3.05, 3.63) is 83.9 Å². The highest BCUT2D eigenvalue weighted by molar-refractivity contribution is 6.05. The SMILES string of the molecule is Cc1ccn2c(=O)c(NC(=O)c3cc([N+](=O)[O-])cc([N+](=O)[O-])c3)c(C)nc2c1. The van der Waals surface area contributed by atoms with Crippen LogP contribution in [0.2, 0.25) is 0 Å². The molecule has 11 nitrogen and oxygen atoms in total. The van der Waals surface area contributed by atoms with Gasteiger partial charge in [0.2, 0.25) is 0 Å². The van der Waals surface area contributed by atoms with Crippen molar-refractivity contribution < 1.29 is 14.6 Å². The predicted molar refractivity (Wildman–Crippen MR) is 98.6 cm³/mol. The molecule has 0 saturated carbocycles. The molecule has 0 bridgehead atoms. The molecule has 0 unspecified atom stereocenters. The number of hydrogen-bond acceptors (Lipinski definition) is 7. The zero-order valence-corrected chi connectivity index (χ0v) is 14.7. The zero-order valence-electron chi connectivity index (χ0n) is 14.7. The molecule has 0 radical (unpaired) electrons. The first-order valence-electron chi connectivity index (χ1n) is 7.92. The van der Waals surface area contributed by atoms with E-state index in [1.54, 1.807) is 12.1 Å². The number of benzene rings is 1. The van der Waals surface area contributed by atoms with Crippen LogP contribution in [0.15, 0.2) is 41.3 Å². The molecule has 0 fully saturated rings. The summed E-state index contributed by atoms with van der Waals surface area (Å²) in [5.74, 6) is -0.902. The fourth-order valence-corrected chi connectivity index (χ4v) is 2.62. The van der Waals surface area contributed by atoms with Crippen LogP contribution in [-0.2, 0) is 0 Å². The van der Waals surface area contributed by atoms with E-state index < -0.39 is 32.7 Å². The van der Waals surface area contributed by atoms with Gasteiger partial charge in [0.15, 0.2) is 0 Å². The van der Waals surface area contributed by atoms with Crippen molar-refractivity contribution in [2.45, 2.75) is 13.8 Å². The molecule has 1 N–H and O–H groups in total. The van der Waals surface area contributed by atoms with Crippen molar-refractivity contribution in [2.75, 3.05) is 5.32 Å². The number of hydrogen-bond donors (Lipinski definition) is 1. The summed E-state index contributed by atoms with van der Waals surface area (Å²) in [6, 6.07) is 5.93. The number of nitrogens with zero attached hydrogens (tertiary/aromatic N) is 4. The van der Waals surface area contributed by atoms with Crippen molar-refractivity contribution in [1.29, 1.82) is 0 Å². The fourth-order valence-electron chi connectivity index (χ4n) is 2.62. The van der Waals surface area contributed by atoms with Gasteiger partial charge in [-0.25, -0.2) is 4.98 Å². The number of pyridine rings is 1. The molecular weight excluding hydrogens is 370 g/mol. The van der Waals surface area contributed by atoms with Crippen molar-refractivity contribution in [2.24, 2.45) is 0 Å². The quantitative estimate of drug-likeness (QED) is 0.536. The second-order valence-corrected chi connectivity index (χ2v) is 6.02. The van der Waals surface area contributed by atoms with Gasteiger partial charge in [0.05, 0.1) is 27.2 Å². The van der Waals surface area contributed by atoms with E-state index in [-0.39, 0.29) is 16.9 Å². The maximum absolute atomic E-state index is 12.7. The molecule has 2 aromatic heterocycles. The minimum atomic E-state index is -0.902. The molecule has 3 rings (SSSR count). The van der Waals surface area contributed by atoms with Gasteiger partial charge in [0.25, 0.3) is 22.8 Å². The summed E-state index contributed by atoms with van der Waals surface area (Å²) in [6.07, 6.45) is 1.51. The molecule has 0 aliphatic rings. The highest BCUT2D eigenvalue weighted by atomic mass is 16.6. The first-order valence-corrected chi connectivity index (χ1v) is 7.92. The lowest BCUT2D eigenvalue weighted by atomic mass is 10.1. The molecule has 0 spiro atoms. The number of aryl methyl sites for hydroxylation is 2. The average Bonchev–Trinajstić information content (AvgIpc) is 2.64. The van der Waals surface area contributed by atoms with E-state index in [4.69, 9.17) is 0 Å². The molecule has 0 saturated heterocycles. The third-order valence-corrected chi connectivity index (χ3v) is 3.99. The Hall–Kier alpha value is -4.15. The van der Waals surface area contributed by atoms with Crippen LogP contribution in [0.1, 0.15) is 21.6 Å². The van der Waals surface area contributed by atoms with Gasteiger partial charge in [0, 0.05) is 18.3 Å². The molecule has 0 atom stereocenters. The number of non-ortho nitro benzene ring substituents is 2. The Morgan fingerprint density at radius 2 is 1.68 bits per heavy atom. The lowest BCUT2D eigenvalue weighted by Crippen LogP contribution is -2.25. The van der Waals surface area contributed by atoms with Gasteiger partial charge in [-0.15, -0.1) is 0 Å². The van der Waals surface area contributed by atoms with E-state index in [9.17, 15) is 29.8 Å².